The molecule has 4 nitrogen and oxygen atoms in total. The standard InChI is InChI=1S/C12H9FN2O2/c13-9-3-1-2-4-10(9)15-8-5-6-14-11(7-8)12(16)17/h1-7H,(H,14,15)(H,16,17). The number of hydrogen-bond donors (Lipinski definition) is 2. The Morgan fingerprint density at radius 1 is 1.29 bits per heavy atom. The Hall–Kier alpha value is -2.43. The van der Waals surface area contributed by atoms with Gasteiger partial charge >= 0.3 is 5.97 Å². The fraction of sp³-hybridized carbons (Fsp3) is 0. The number of nitrogens with zero attached hydrogens (tertiary/aromatic N) is 1. The first kappa shape index (κ1) is 11.1. The van der Waals surface area contributed by atoms with E-state index < -0.39 is 11.8 Å². The summed E-state index contributed by atoms with van der Waals surface area (Å²) < 4.78 is 13.3. The molecule has 2 N–H and O–H groups in total. The maximum absolute atomic E-state index is 13.3. The normalized spacial score (nSPS) is 9.94. The molecule has 1 aromatic heterocycles. The van der Waals surface area contributed by atoms with E-state index in [9.17, 15) is 9.18 Å². The lowest BCUT2D eigenvalue weighted by molar-refractivity contribution is 0.0690. The molecule has 0 aliphatic rings. The van der Waals surface area contributed by atoms with Crippen molar-refractivity contribution in [2.24, 2.45) is 0 Å². The van der Waals surface area contributed by atoms with Gasteiger partial charge in [0.15, 0.2) is 0 Å². The Kier molecular flexibility index (Phi) is 3.00. The summed E-state index contributed by atoms with van der Waals surface area (Å²) in [7, 11) is 0. The summed E-state index contributed by atoms with van der Waals surface area (Å²) in [5.41, 5.74) is 0.670. The maximum atomic E-state index is 13.3. The van der Waals surface area contributed by atoms with Crippen molar-refractivity contribution in [3.8, 4) is 0 Å². The number of halogens is 1. The molecular weight excluding hydrogens is 223 g/mol. The molecule has 0 saturated heterocycles. The van der Waals surface area contributed by atoms with E-state index in [0.717, 1.165) is 0 Å². The third kappa shape index (κ3) is 2.57. The lowest BCUT2D eigenvalue weighted by atomic mass is 10.2. The Labute approximate surface area is 96.7 Å². The second-order valence-corrected chi connectivity index (χ2v) is 3.34. The summed E-state index contributed by atoms with van der Waals surface area (Å²) in [6, 6.07) is 9.06. The molecular formula is C12H9FN2O2. The number of benzene rings is 1. The Balaban J connectivity index is 2.28. The first-order valence-electron chi connectivity index (χ1n) is 4.88. The van der Waals surface area contributed by atoms with Crippen LogP contribution >= 0.6 is 0 Å². The van der Waals surface area contributed by atoms with Crippen molar-refractivity contribution in [2.45, 2.75) is 0 Å². The minimum absolute atomic E-state index is 0.0914. The second kappa shape index (κ2) is 4.61. The Morgan fingerprint density at radius 2 is 2.06 bits per heavy atom. The van der Waals surface area contributed by atoms with Crippen LogP contribution in [0.4, 0.5) is 15.8 Å². The highest BCUT2D eigenvalue weighted by molar-refractivity contribution is 5.86. The highest BCUT2D eigenvalue weighted by Gasteiger charge is 2.06. The van der Waals surface area contributed by atoms with Crippen LogP contribution in [0.2, 0.25) is 0 Å². The summed E-state index contributed by atoms with van der Waals surface area (Å²) >= 11 is 0. The van der Waals surface area contributed by atoms with Crippen molar-refractivity contribution in [3.05, 3.63) is 54.1 Å². The zero-order valence-electron chi connectivity index (χ0n) is 8.72. The van der Waals surface area contributed by atoms with E-state index in [1.54, 1.807) is 24.3 Å². The minimum atomic E-state index is -1.12. The molecule has 0 aliphatic carbocycles. The predicted molar refractivity (Wildman–Crippen MR) is 60.9 cm³/mol. The predicted octanol–water partition coefficient (Wildman–Crippen LogP) is 2.66. The molecule has 0 atom stereocenters. The van der Waals surface area contributed by atoms with Crippen molar-refractivity contribution < 1.29 is 14.3 Å². The average Bonchev–Trinajstić information content (AvgIpc) is 2.32. The van der Waals surface area contributed by atoms with Gasteiger partial charge < -0.3 is 10.4 Å². The molecule has 5 heteroatoms. The van der Waals surface area contributed by atoms with Crippen LogP contribution in [0.3, 0.4) is 0 Å². The van der Waals surface area contributed by atoms with Crippen molar-refractivity contribution in [3.63, 3.8) is 0 Å². The third-order valence-corrected chi connectivity index (χ3v) is 2.13. The molecule has 0 bridgehead atoms. The van der Waals surface area contributed by atoms with E-state index in [0.29, 0.717) is 5.69 Å². The second-order valence-electron chi connectivity index (χ2n) is 3.34. The van der Waals surface area contributed by atoms with Crippen LogP contribution < -0.4 is 5.32 Å². The number of nitrogens with one attached hydrogen (secondary N) is 1. The van der Waals surface area contributed by atoms with Gasteiger partial charge in [-0.25, -0.2) is 14.2 Å². The van der Waals surface area contributed by atoms with Crippen LogP contribution in [0.5, 0.6) is 0 Å². The average molecular weight is 232 g/mol. The molecule has 1 aromatic carbocycles. The topological polar surface area (TPSA) is 62.2 Å². The molecule has 0 amide bonds. The van der Waals surface area contributed by atoms with E-state index in [1.807, 2.05) is 0 Å². The Morgan fingerprint density at radius 3 is 2.76 bits per heavy atom. The molecule has 0 spiro atoms. The van der Waals surface area contributed by atoms with Crippen LogP contribution in [0, 0.1) is 5.82 Å². The van der Waals surface area contributed by atoms with Crippen LogP contribution in [-0.4, -0.2) is 16.1 Å². The van der Waals surface area contributed by atoms with Crippen LogP contribution in [0.25, 0.3) is 0 Å². The fourth-order valence-electron chi connectivity index (χ4n) is 1.34. The molecule has 2 rings (SSSR count). The molecule has 86 valence electrons. The molecule has 0 fully saturated rings. The number of hydrogen-bond acceptors (Lipinski definition) is 3. The number of anilines is 2. The van der Waals surface area contributed by atoms with Crippen molar-refractivity contribution in [1.29, 1.82) is 0 Å². The first-order valence-corrected chi connectivity index (χ1v) is 4.88. The van der Waals surface area contributed by atoms with Gasteiger partial charge in [-0.15, -0.1) is 0 Å². The van der Waals surface area contributed by atoms with Crippen LogP contribution in [0.15, 0.2) is 42.6 Å². The quantitative estimate of drug-likeness (QED) is 0.853. The zero-order chi connectivity index (χ0) is 12.3. The highest BCUT2D eigenvalue weighted by Crippen LogP contribution is 2.19. The fourth-order valence-corrected chi connectivity index (χ4v) is 1.34. The number of carboxylic acids is 1. The maximum Gasteiger partial charge on any atom is 0.354 e. The van der Waals surface area contributed by atoms with E-state index in [2.05, 4.69) is 10.3 Å². The molecule has 0 saturated carbocycles. The summed E-state index contributed by atoms with van der Waals surface area (Å²) in [5.74, 6) is -1.52. The van der Waals surface area contributed by atoms with E-state index >= 15 is 0 Å². The van der Waals surface area contributed by atoms with Gasteiger partial charge in [-0.1, -0.05) is 12.1 Å². The molecule has 0 aliphatic heterocycles. The van der Waals surface area contributed by atoms with Crippen LogP contribution in [0.1, 0.15) is 10.5 Å². The molecule has 2 aromatic rings. The number of aromatic nitrogens is 1. The lowest BCUT2D eigenvalue weighted by Gasteiger charge is -2.07. The molecule has 0 radical (unpaired) electrons. The van der Waals surface area contributed by atoms with E-state index in [4.69, 9.17) is 5.11 Å². The van der Waals surface area contributed by atoms with Gasteiger partial charge in [0.1, 0.15) is 11.5 Å². The van der Waals surface area contributed by atoms with Crippen molar-refractivity contribution in [1.82, 2.24) is 4.98 Å². The monoisotopic (exact) mass is 232 g/mol. The number of pyridine rings is 1. The lowest BCUT2D eigenvalue weighted by Crippen LogP contribution is -2.01. The summed E-state index contributed by atoms with van der Waals surface area (Å²) in [4.78, 5) is 14.4. The highest BCUT2D eigenvalue weighted by atomic mass is 19.1. The SMILES string of the molecule is O=C(O)c1cc(Nc2ccccc2F)ccn1. The van der Waals surface area contributed by atoms with Crippen molar-refractivity contribution >= 4 is 17.3 Å². The molecule has 17 heavy (non-hydrogen) atoms. The summed E-state index contributed by atoms with van der Waals surface area (Å²) in [6.07, 6.45) is 1.35. The molecule has 0 unspecified atom stereocenters. The van der Waals surface area contributed by atoms with Gasteiger partial charge in [-0.3, -0.25) is 0 Å². The van der Waals surface area contributed by atoms with E-state index in [1.165, 1.54) is 18.3 Å². The number of rotatable bonds is 3. The number of aromatic carboxylic acids is 1. The van der Waals surface area contributed by atoms with Gasteiger partial charge in [0.25, 0.3) is 0 Å². The van der Waals surface area contributed by atoms with Gasteiger partial charge in [0.05, 0.1) is 5.69 Å². The zero-order valence-corrected chi connectivity index (χ0v) is 8.72. The van der Waals surface area contributed by atoms with Crippen LogP contribution in [-0.2, 0) is 0 Å². The number of para-hydroxylation sites is 1. The first-order chi connectivity index (χ1) is 8.16. The summed E-state index contributed by atoms with van der Waals surface area (Å²) in [6.45, 7) is 0. The smallest absolute Gasteiger partial charge is 0.354 e. The van der Waals surface area contributed by atoms with Gasteiger partial charge in [-0.05, 0) is 24.3 Å². The van der Waals surface area contributed by atoms with Gasteiger partial charge in [0, 0.05) is 11.9 Å². The van der Waals surface area contributed by atoms with Gasteiger partial charge in [-0.2, -0.15) is 0 Å². The number of carboxylic acid groups (broad SMARTS) is 1. The van der Waals surface area contributed by atoms with Gasteiger partial charge in [0.2, 0.25) is 0 Å². The number of carbonyl (C=O) groups is 1. The third-order valence-electron chi connectivity index (χ3n) is 2.13. The minimum Gasteiger partial charge on any atom is -0.477 e. The van der Waals surface area contributed by atoms with Crippen molar-refractivity contribution in [2.75, 3.05) is 5.32 Å². The Bertz CT molecular complexity index is 558. The largest absolute Gasteiger partial charge is 0.477 e. The summed E-state index contributed by atoms with van der Waals surface area (Å²) in [5, 5.41) is 11.6. The van der Waals surface area contributed by atoms with E-state index in [-0.39, 0.29) is 11.4 Å². The molecule has 1 heterocycles.